The molecule has 3 amide bonds. The van der Waals surface area contributed by atoms with Gasteiger partial charge in [-0.2, -0.15) is 0 Å². The number of anilines is 1. The molecule has 2 saturated carbocycles. The minimum Gasteiger partial charge on any atom is -0.456 e. The third kappa shape index (κ3) is 3.74. The number of benzene rings is 1. The first-order chi connectivity index (χ1) is 14.3. The Kier molecular flexibility index (Phi) is 5.40. The molecule has 8 heteroatoms. The maximum absolute atomic E-state index is 12.6. The van der Waals surface area contributed by atoms with Crippen molar-refractivity contribution in [2.75, 3.05) is 18.5 Å². The van der Waals surface area contributed by atoms with Crippen molar-refractivity contribution in [3.05, 3.63) is 29.8 Å². The molecule has 1 aromatic rings. The van der Waals surface area contributed by atoms with Gasteiger partial charge in [0, 0.05) is 17.8 Å². The molecule has 0 unspecified atom stereocenters. The van der Waals surface area contributed by atoms with E-state index in [1.165, 1.54) is 17.9 Å². The van der Waals surface area contributed by atoms with Gasteiger partial charge in [0.05, 0.1) is 18.3 Å². The van der Waals surface area contributed by atoms with E-state index < -0.39 is 18.5 Å². The summed E-state index contributed by atoms with van der Waals surface area (Å²) < 4.78 is 4.97. The SMILES string of the molecule is CC(=O)c1cccc(NC(=O)COC(=O)CCN2C(=O)[C@H]3[C@@H]4CC[C@@H](C4)[C@@H]3C2=O)c1. The van der Waals surface area contributed by atoms with Crippen molar-refractivity contribution in [2.24, 2.45) is 23.7 Å². The van der Waals surface area contributed by atoms with Crippen LogP contribution in [0.25, 0.3) is 0 Å². The molecule has 1 aliphatic heterocycles. The molecule has 1 N–H and O–H groups in total. The molecule has 4 atom stereocenters. The molecule has 0 radical (unpaired) electrons. The standard InChI is InChI=1S/C22H24N2O6/c1-12(25)13-3-2-4-16(10-13)23-17(26)11-30-18(27)7-8-24-21(28)19-14-5-6-15(9-14)20(19)22(24)29/h2-4,10,14-15,19-20H,5-9,11H2,1H3,(H,23,26)/t14-,15+,19-,20-/m0/s1. The minimum absolute atomic E-state index is 0.00871. The lowest BCUT2D eigenvalue weighted by atomic mass is 9.81. The number of carbonyl (C=O) groups is 5. The van der Waals surface area contributed by atoms with Gasteiger partial charge in [-0.25, -0.2) is 0 Å². The van der Waals surface area contributed by atoms with Crippen molar-refractivity contribution in [1.29, 1.82) is 0 Å². The lowest BCUT2D eigenvalue weighted by Crippen LogP contribution is -2.35. The Morgan fingerprint density at radius 3 is 2.40 bits per heavy atom. The summed E-state index contributed by atoms with van der Waals surface area (Å²) in [6.07, 6.45) is 2.84. The number of fused-ring (bicyclic) bond motifs is 5. The molecule has 1 saturated heterocycles. The van der Waals surface area contributed by atoms with Crippen molar-refractivity contribution in [1.82, 2.24) is 4.90 Å². The van der Waals surface area contributed by atoms with Crippen molar-refractivity contribution in [2.45, 2.75) is 32.6 Å². The number of nitrogens with one attached hydrogen (secondary N) is 1. The molecule has 158 valence electrons. The largest absolute Gasteiger partial charge is 0.456 e. The Balaban J connectivity index is 1.23. The average Bonchev–Trinajstić information content (AvgIpc) is 3.39. The van der Waals surface area contributed by atoms with E-state index >= 15 is 0 Å². The predicted molar refractivity (Wildman–Crippen MR) is 105 cm³/mol. The van der Waals surface area contributed by atoms with Gasteiger partial charge in [0.25, 0.3) is 5.91 Å². The van der Waals surface area contributed by atoms with Gasteiger partial charge in [-0.15, -0.1) is 0 Å². The number of carbonyl (C=O) groups excluding carboxylic acids is 5. The lowest BCUT2D eigenvalue weighted by molar-refractivity contribution is -0.149. The second-order valence-corrected chi connectivity index (χ2v) is 8.31. The Morgan fingerprint density at radius 2 is 1.77 bits per heavy atom. The highest BCUT2D eigenvalue weighted by Crippen LogP contribution is 2.56. The molecule has 1 aromatic carbocycles. The van der Waals surface area contributed by atoms with E-state index in [-0.39, 0.29) is 42.4 Å². The first-order valence-electron chi connectivity index (χ1n) is 10.3. The molecule has 1 heterocycles. The van der Waals surface area contributed by atoms with Crippen molar-refractivity contribution < 1.29 is 28.7 Å². The molecular formula is C22H24N2O6. The van der Waals surface area contributed by atoms with Gasteiger partial charge in [0.1, 0.15) is 0 Å². The first-order valence-corrected chi connectivity index (χ1v) is 10.3. The van der Waals surface area contributed by atoms with E-state index in [2.05, 4.69) is 5.32 Å². The van der Waals surface area contributed by atoms with Gasteiger partial charge in [0.15, 0.2) is 12.4 Å². The fourth-order valence-electron chi connectivity index (χ4n) is 5.13. The third-order valence-corrected chi connectivity index (χ3v) is 6.48. The highest BCUT2D eigenvalue weighted by atomic mass is 16.5. The number of ketones is 1. The van der Waals surface area contributed by atoms with Gasteiger partial charge in [0.2, 0.25) is 11.8 Å². The van der Waals surface area contributed by atoms with E-state index in [1.54, 1.807) is 18.2 Å². The molecule has 2 bridgehead atoms. The maximum atomic E-state index is 12.6. The summed E-state index contributed by atoms with van der Waals surface area (Å²) in [4.78, 5) is 61.8. The zero-order valence-corrected chi connectivity index (χ0v) is 16.8. The summed E-state index contributed by atoms with van der Waals surface area (Å²) in [6.45, 7) is 0.933. The van der Waals surface area contributed by atoms with Crippen LogP contribution in [0.15, 0.2) is 24.3 Å². The average molecular weight is 412 g/mol. The predicted octanol–water partition coefficient (Wildman–Crippen LogP) is 1.79. The fraction of sp³-hybridized carbons (Fsp3) is 0.500. The summed E-state index contributed by atoms with van der Waals surface area (Å²) >= 11 is 0. The molecule has 8 nitrogen and oxygen atoms in total. The lowest BCUT2D eigenvalue weighted by Gasteiger charge is -2.19. The van der Waals surface area contributed by atoms with Crippen LogP contribution in [0.5, 0.6) is 0 Å². The van der Waals surface area contributed by atoms with Crippen molar-refractivity contribution in [3.63, 3.8) is 0 Å². The van der Waals surface area contributed by atoms with Crippen LogP contribution in [0.3, 0.4) is 0 Å². The Labute approximate surface area is 173 Å². The van der Waals surface area contributed by atoms with E-state index in [9.17, 15) is 24.0 Å². The van der Waals surface area contributed by atoms with Crippen LogP contribution in [0, 0.1) is 23.7 Å². The topological polar surface area (TPSA) is 110 Å². The minimum atomic E-state index is -0.650. The third-order valence-electron chi connectivity index (χ3n) is 6.48. The number of amides is 3. The number of likely N-dealkylation sites (tertiary alicyclic amines) is 1. The van der Waals surface area contributed by atoms with Crippen LogP contribution in [0.2, 0.25) is 0 Å². The summed E-state index contributed by atoms with van der Waals surface area (Å²) in [5.74, 6) is -1.43. The first kappa shape index (κ1) is 20.3. The summed E-state index contributed by atoms with van der Waals surface area (Å²) in [7, 11) is 0. The Hall–Kier alpha value is -3.03. The van der Waals surface area contributed by atoms with Crippen LogP contribution in [0.4, 0.5) is 5.69 Å². The van der Waals surface area contributed by atoms with Crippen LogP contribution < -0.4 is 5.32 Å². The van der Waals surface area contributed by atoms with Gasteiger partial charge < -0.3 is 10.1 Å². The quantitative estimate of drug-likeness (QED) is 0.415. The molecule has 2 aliphatic carbocycles. The second-order valence-electron chi connectivity index (χ2n) is 8.31. The summed E-state index contributed by atoms with van der Waals surface area (Å²) in [5, 5.41) is 2.56. The maximum Gasteiger partial charge on any atom is 0.308 e. The Morgan fingerprint density at radius 1 is 1.10 bits per heavy atom. The molecule has 0 aromatic heterocycles. The van der Waals surface area contributed by atoms with E-state index in [0.717, 1.165) is 19.3 Å². The highest BCUT2D eigenvalue weighted by Gasteiger charge is 2.60. The van der Waals surface area contributed by atoms with E-state index in [0.29, 0.717) is 23.1 Å². The number of Topliss-reactive ketones (excluding diaryl/α,β-unsaturated/α-hetero) is 1. The Bertz CT molecular complexity index is 898. The zero-order valence-electron chi connectivity index (χ0n) is 16.8. The monoisotopic (exact) mass is 412 g/mol. The second kappa shape index (κ2) is 8.01. The highest BCUT2D eigenvalue weighted by molar-refractivity contribution is 6.06. The number of ether oxygens (including phenoxy) is 1. The number of imide groups is 1. The van der Waals surface area contributed by atoms with E-state index in [1.807, 2.05) is 0 Å². The van der Waals surface area contributed by atoms with E-state index in [4.69, 9.17) is 4.74 Å². The zero-order chi connectivity index (χ0) is 21.4. The molecule has 3 aliphatic rings. The summed E-state index contributed by atoms with van der Waals surface area (Å²) in [5.41, 5.74) is 0.890. The number of esters is 1. The molecule has 30 heavy (non-hydrogen) atoms. The summed E-state index contributed by atoms with van der Waals surface area (Å²) in [6, 6.07) is 6.44. The normalized spacial score (nSPS) is 26.6. The van der Waals surface area contributed by atoms with Crippen molar-refractivity contribution >= 4 is 35.2 Å². The number of hydrogen-bond donors (Lipinski definition) is 1. The van der Waals surface area contributed by atoms with Crippen LogP contribution in [-0.4, -0.2) is 47.5 Å². The van der Waals surface area contributed by atoms with Gasteiger partial charge in [-0.1, -0.05) is 12.1 Å². The van der Waals surface area contributed by atoms with Crippen molar-refractivity contribution in [3.8, 4) is 0 Å². The molecule has 0 spiro atoms. The van der Waals surface area contributed by atoms with Crippen LogP contribution >= 0.6 is 0 Å². The molecule has 4 rings (SSSR count). The molecule has 3 fully saturated rings. The molecular weight excluding hydrogens is 388 g/mol. The number of nitrogens with zero attached hydrogens (tertiary/aromatic N) is 1. The van der Waals surface area contributed by atoms with Gasteiger partial charge in [-0.05, 0) is 50.2 Å². The van der Waals surface area contributed by atoms with Gasteiger partial charge >= 0.3 is 5.97 Å². The van der Waals surface area contributed by atoms with Gasteiger partial charge in [-0.3, -0.25) is 28.9 Å². The number of hydrogen-bond acceptors (Lipinski definition) is 6. The number of rotatable bonds is 7. The van der Waals surface area contributed by atoms with Crippen LogP contribution in [0.1, 0.15) is 43.0 Å². The smallest absolute Gasteiger partial charge is 0.308 e. The fourth-order valence-corrected chi connectivity index (χ4v) is 5.13. The van der Waals surface area contributed by atoms with Crippen LogP contribution in [-0.2, 0) is 23.9 Å².